The van der Waals surface area contributed by atoms with Crippen LogP contribution in [0.5, 0.6) is 0 Å². The summed E-state index contributed by atoms with van der Waals surface area (Å²) in [5, 5.41) is 9.82. The molecular weight excluding hydrogens is 529 g/mol. The molecule has 6 rings (SSSR count). The summed E-state index contributed by atoms with van der Waals surface area (Å²) in [6.45, 7) is -0.179. The number of urea groups is 1. The van der Waals surface area contributed by atoms with Crippen LogP contribution >= 0.6 is 0 Å². The van der Waals surface area contributed by atoms with Crippen molar-refractivity contribution in [2.75, 3.05) is 34.2 Å². The van der Waals surface area contributed by atoms with Crippen molar-refractivity contribution in [1.29, 1.82) is 0 Å². The van der Waals surface area contributed by atoms with Crippen molar-refractivity contribution in [1.82, 2.24) is 0 Å². The van der Waals surface area contributed by atoms with E-state index in [0.717, 1.165) is 25.8 Å². The van der Waals surface area contributed by atoms with Crippen LogP contribution in [0, 0.1) is 0 Å². The van der Waals surface area contributed by atoms with Gasteiger partial charge in [0.15, 0.2) is 17.7 Å². The molecule has 14 heteroatoms. The van der Waals surface area contributed by atoms with Crippen molar-refractivity contribution >= 4 is 45.2 Å². The van der Waals surface area contributed by atoms with E-state index in [1.807, 2.05) is 0 Å². The fourth-order valence-electron chi connectivity index (χ4n) is 6.12. The number of carboxylic acids is 1. The Kier molecular flexibility index (Phi) is 4.59. The van der Waals surface area contributed by atoms with Crippen LogP contribution in [-0.4, -0.2) is 56.6 Å². The van der Waals surface area contributed by atoms with E-state index in [-0.39, 0.29) is 41.9 Å². The van der Waals surface area contributed by atoms with Crippen LogP contribution in [0.3, 0.4) is 0 Å². The highest BCUT2D eigenvalue weighted by molar-refractivity contribution is 7.94. The van der Waals surface area contributed by atoms with Crippen LogP contribution in [0.1, 0.15) is 23.1 Å². The maximum absolute atomic E-state index is 14.0. The molecule has 0 bridgehead atoms. The third-order valence-corrected chi connectivity index (χ3v) is 9.88. The maximum atomic E-state index is 14.0. The van der Waals surface area contributed by atoms with Crippen LogP contribution in [0.15, 0.2) is 48.2 Å². The van der Waals surface area contributed by atoms with Gasteiger partial charge >= 0.3 is 34.3 Å². The summed E-state index contributed by atoms with van der Waals surface area (Å²) in [6.07, 6.45) is -3.71. The second-order valence-electron chi connectivity index (χ2n) is 9.75. The van der Waals surface area contributed by atoms with E-state index in [0.29, 0.717) is 5.69 Å². The Morgan fingerprint density at radius 1 is 1.08 bits per heavy atom. The number of aliphatic carboxylic acids is 1. The van der Waals surface area contributed by atoms with E-state index in [1.54, 1.807) is 0 Å². The number of hydrogen-bond donors (Lipinski definition) is 1. The highest BCUT2D eigenvalue weighted by Crippen LogP contribution is 2.62. The molecule has 1 saturated heterocycles. The zero-order valence-electron chi connectivity index (χ0n) is 20.0. The lowest BCUT2D eigenvalue weighted by atomic mass is 9.97. The first-order valence-corrected chi connectivity index (χ1v) is 12.9. The molecule has 2 spiro atoms. The van der Waals surface area contributed by atoms with Crippen LogP contribution < -0.4 is 13.5 Å². The fourth-order valence-corrected chi connectivity index (χ4v) is 7.28. The molecule has 3 aliphatic heterocycles. The monoisotopic (exact) mass is 549 g/mol. The molecule has 0 radical (unpaired) electrons. The largest absolute Gasteiger partial charge is 0.477 e. The lowest BCUT2D eigenvalue weighted by molar-refractivity contribution is -0.666. The van der Waals surface area contributed by atoms with Gasteiger partial charge in [0.2, 0.25) is 0 Å². The number of rotatable bonds is 2. The Bertz CT molecular complexity index is 1640. The van der Waals surface area contributed by atoms with Crippen molar-refractivity contribution in [3.05, 3.63) is 64.9 Å². The molecule has 3 amide bonds. The molecule has 3 heterocycles. The highest BCUT2D eigenvalue weighted by Gasteiger charge is 2.83. The topological polar surface area (TPSA) is 115 Å². The van der Waals surface area contributed by atoms with Gasteiger partial charge in [-0.25, -0.2) is 19.3 Å². The molecule has 1 fully saturated rings. The Hall–Kier alpha value is -3.91. The second kappa shape index (κ2) is 7.14. The molecule has 2 aromatic carbocycles. The first-order chi connectivity index (χ1) is 17.7. The van der Waals surface area contributed by atoms with Crippen molar-refractivity contribution in [2.45, 2.75) is 24.6 Å². The van der Waals surface area contributed by atoms with E-state index < -0.39 is 55.5 Å². The minimum absolute atomic E-state index is 0.000905. The number of imide groups is 1. The lowest BCUT2D eigenvalue weighted by Gasteiger charge is -2.30. The summed E-state index contributed by atoms with van der Waals surface area (Å²) in [5.41, 5.74) is -1.98. The number of amides is 3. The van der Waals surface area contributed by atoms with Crippen LogP contribution in [0.2, 0.25) is 0 Å². The minimum atomic E-state index is -4.63. The Labute approximate surface area is 214 Å². The predicted molar refractivity (Wildman–Crippen MR) is 127 cm³/mol. The molecule has 1 N–H and O–H groups in total. The summed E-state index contributed by atoms with van der Waals surface area (Å²) in [7, 11) is -1.15. The van der Waals surface area contributed by atoms with Gasteiger partial charge in [0.25, 0.3) is 0 Å². The molecular formula is C24H20F3N4O6S+. The molecule has 4 aliphatic rings. The van der Waals surface area contributed by atoms with Gasteiger partial charge in [-0.1, -0.05) is 12.1 Å². The summed E-state index contributed by atoms with van der Waals surface area (Å²) in [6, 6.07) is 7.07. The van der Waals surface area contributed by atoms with Crippen molar-refractivity contribution in [3.63, 3.8) is 0 Å². The number of quaternary nitrogens is 1. The van der Waals surface area contributed by atoms with E-state index in [9.17, 15) is 41.1 Å². The predicted octanol–water partition coefficient (Wildman–Crippen LogP) is 2.94. The Morgan fingerprint density at radius 3 is 2.42 bits per heavy atom. The Morgan fingerprint density at radius 2 is 1.76 bits per heavy atom. The van der Waals surface area contributed by atoms with Crippen molar-refractivity contribution in [3.8, 4) is 0 Å². The zero-order chi connectivity index (χ0) is 27.6. The van der Waals surface area contributed by atoms with Gasteiger partial charge in [-0.3, -0.25) is 8.61 Å². The zero-order valence-corrected chi connectivity index (χ0v) is 20.8. The standard InChI is InChI=1S/C24H19F3N4O6S/c1-28-18-7-6-13(10-19(18)29(2)38(28,36)37)30-11-15(21(33)34)20(32)31(22(30)35)12-23(31)9-8-14-16(23)4-3-5-17(14)24(25,26)27/h3-7,10-11H,8-9,12H2,1-2H3/p+1/t23-,31?/m1/s1. The van der Waals surface area contributed by atoms with Crippen LogP contribution in [0.4, 0.5) is 35.0 Å². The summed E-state index contributed by atoms with van der Waals surface area (Å²) in [5.74, 6) is -2.58. The van der Waals surface area contributed by atoms with Crippen LogP contribution in [-0.2, 0) is 37.9 Å². The van der Waals surface area contributed by atoms with Gasteiger partial charge in [-0.05, 0) is 36.2 Å². The number of anilines is 3. The molecule has 0 saturated carbocycles. The third-order valence-electron chi connectivity index (χ3n) is 8.10. The maximum Gasteiger partial charge on any atom is 0.436 e. The van der Waals surface area contributed by atoms with Gasteiger partial charge in [-0.15, -0.1) is 0 Å². The number of carbonyl (C=O) groups is 3. The first kappa shape index (κ1) is 24.4. The van der Waals surface area contributed by atoms with Gasteiger partial charge in [0.05, 0.1) is 22.6 Å². The number of alkyl halides is 3. The van der Waals surface area contributed by atoms with E-state index in [2.05, 4.69) is 0 Å². The second-order valence-corrected chi connectivity index (χ2v) is 11.7. The normalized spacial score (nSPS) is 27.2. The van der Waals surface area contributed by atoms with Crippen LogP contribution in [0.25, 0.3) is 0 Å². The molecule has 198 valence electrons. The number of benzene rings is 2. The average Bonchev–Trinajstić information content (AvgIpc) is 3.34. The van der Waals surface area contributed by atoms with E-state index in [1.165, 1.54) is 44.4 Å². The SMILES string of the molecule is CN1c2ccc(N3C=C(C(=O)O)C(=O)[N+]4(C[C@@]45CCc4c(C(F)(F)F)cccc45)C3=O)cc2N(C)S1(=O)=O. The molecule has 38 heavy (non-hydrogen) atoms. The fraction of sp³-hybridized carbons (Fsp3) is 0.292. The van der Waals surface area contributed by atoms with Gasteiger partial charge < -0.3 is 5.11 Å². The summed E-state index contributed by atoms with van der Waals surface area (Å²) in [4.78, 5) is 40.6. The number of carbonyl (C=O) groups excluding carboxylic acids is 2. The smallest absolute Gasteiger partial charge is 0.436 e. The molecule has 1 unspecified atom stereocenters. The summed E-state index contributed by atoms with van der Waals surface area (Å²) >= 11 is 0. The number of fused-ring (bicyclic) bond motifs is 4. The highest BCUT2D eigenvalue weighted by atomic mass is 32.2. The minimum Gasteiger partial charge on any atom is -0.477 e. The number of carboxylic acid groups (broad SMARTS) is 1. The van der Waals surface area contributed by atoms with Crippen molar-refractivity contribution in [2.24, 2.45) is 0 Å². The number of halogens is 3. The molecule has 10 nitrogen and oxygen atoms in total. The van der Waals surface area contributed by atoms with Gasteiger partial charge in [-0.2, -0.15) is 26.1 Å². The number of hydrogen-bond acceptors (Lipinski definition) is 5. The third kappa shape index (κ3) is 2.76. The van der Waals surface area contributed by atoms with E-state index >= 15 is 0 Å². The summed E-state index contributed by atoms with van der Waals surface area (Å²) < 4.78 is 67.2. The quantitative estimate of drug-likeness (QED) is 0.350. The van der Waals surface area contributed by atoms with Crippen molar-refractivity contribution < 1.29 is 45.6 Å². The molecule has 1 aliphatic carbocycles. The van der Waals surface area contributed by atoms with Gasteiger partial charge in [0, 0.05) is 32.3 Å². The molecule has 2 atom stereocenters. The van der Waals surface area contributed by atoms with E-state index in [4.69, 9.17) is 0 Å². The average molecular weight is 550 g/mol. The number of nitrogens with zero attached hydrogens (tertiary/aromatic N) is 4. The lowest BCUT2D eigenvalue weighted by Crippen LogP contribution is -2.55. The van der Waals surface area contributed by atoms with Gasteiger partial charge in [0.1, 0.15) is 0 Å². The molecule has 2 aromatic rings. The Balaban J connectivity index is 1.49. The first-order valence-electron chi connectivity index (χ1n) is 11.5. The molecule has 0 aromatic heterocycles.